The highest BCUT2D eigenvalue weighted by molar-refractivity contribution is 8.21. The van der Waals surface area contributed by atoms with Crippen LogP contribution in [0.4, 0.5) is 0 Å². The molecule has 0 atom stereocenters. The maximum atomic E-state index is 9.39. The standard InChI is InChI=1S/C7H19N3O2S/c1-8-7-9-3-5-10(6-4-9)13(2,11)12/h8,11-12H,3-7H2,1-2H3. The molecule has 3 N–H and O–H groups in total. The average Bonchev–Trinajstić information content (AvgIpc) is 2.04. The molecule has 1 heterocycles. The van der Waals surface area contributed by atoms with Gasteiger partial charge < -0.3 is 5.32 Å². The Hall–Kier alpha value is 0.150. The Morgan fingerprint density at radius 3 is 2.15 bits per heavy atom. The molecule has 0 amide bonds. The third-order valence-electron chi connectivity index (χ3n) is 2.20. The van der Waals surface area contributed by atoms with Gasteiger partial charge in [0.25, 0.3) is 0 Å². The third kappa shape index (κ3) is 3.41. The van der Waals surface area contributed by atoms with Crippen molar-refractivity contribution in [1.82, 2.24) is 14.5 Å². The zero-order valence-electron chi connectivity index (χ0n) is 8.23. The fraction of sp³-hybridized carbons (Fsp3) is 1.00. The molecule has 5 nitrogen and oxygen atoms in total. The molecule has 0 bridgehead atoms. The Labute approximate surface area is 81.2 Å². The normalized spacial score (nSPS) is 23.4. The lowest BCUT2D eigenvalue weighted by Crippen LogP contribution is -2.48. The minimum Gasteiger partial charge on any atom is -0.307 e. The summed E-state index contributed by atoms with van der Waals surface area (Å²) >= 11 is 0. The minimum absolute atomic E-state index is 0.737. The summed E-state index contributed by atoms with van der Waals surface area (Å²) in [7, 11) is -0.561. The van der Waals surface area contributed by atoms with Crippen LogP contribution in [-0.4, -0.2) is 64.5 Å². The summed E-state index contributed by atoms with van der Waals surface area (Å²) in [6, 6.07) is 0. The van der Waals surface area contributed by atoms with E-state index in [1.54, 1.807) is 4.31 Å². The maximum absolute atomic E-state index is 9.39. The van der Waals surface area contributed by atoms with Crippen LogP contribution in [-0.2, 0) is 0 Å². The second-order valence-electron chi connectivity index (χ2n) is 3.35. The second-order valence-corrected chi connectivity index (χ2v) is 5.45. The first-order chi connectivity index (χ1) is 6.04. The quantitative estimate of drug-likeness (QED) is 0.614. The molecule has 1 fully saturated rings. The van der Waals surface area contributed by atoms with Gasteiger partial charge in [-0.2, -0.15) is 0 Å². The SMILES string of the molecule is CNCN1CCN(S(C)(O)O)CC1. The van der Waals surface area contributed by atoms with E-state index in [-0.39, 0.29) is 0 Å². The number of piperazine rings is 1. The third-order valence-corrected chi connectivity index (χ3v) is 3.55. The molecule has 6 heteroatoms. The van der Waals surface area contributed by atoms with Crippen molar-refractivity contribution in [2.24, 2.45) is 0 Å². The summed E-state index contributed by atoms with van der Waals surface area (Å²) in [5, 5.41) is 3.08. The Morgan fingerprint density at radius 2 is 1.77 bits per heavy atom. The largest absolute Gasteiger partial charge is 0.307 e. The van der Waals surface area contributed by atoms with E-state index in [1.165, 1.54) is 6.26 Å². The molecule has 0 spiro atoms. The average molecular weight is 209 g/mol. The van der Waals surface area contributed by atoms with Crippen LogP contribution < -0.4 is 5.32 Å². The highest BCUT2D eigenvalue weighted by Gasteiger charge is 2.22. The summed E-state index contributed by atoms with van der Waals surface area (Å²) in [6.45, 7) is 4.13. The van der Waals surface area contributed by atoms with Gasteiger partial charge in [0.2, 0.25) is 0 Å². The maximum Gasteiger partial charge on any atom is 0.0479 e. The van der Waals surface area contributed by atoms with Crippen molar-refractivity contribution in [2.45, 2.75) is 0 Å². The lowest BCUT2D eigenvalue weighted by atomic mass is 10.4. The van der Waals surface area contributed by atoms with Gasteiger partial charge in [0, 0.05) is 39.1 Å². The van der Waals surface area contributed by atoms with E-state index in [0.717, 1.165) is 32.8 Å². The van der Waals surface area contributed by atoms with Crippen LogP contribution in [0, 0.1) is 0 Å². The molecule has 0 aromatic rings. The number of hydrogen-bond donors (Lipinski definition) is 3. The molecule has 1 saturated heterocycles. The Bertz CT molecular complexity index is 154. The monoisotopic (exact) mass is 209 g/mol. The van der Waals surface area contributed by atoms with Crippen LogP contribution in [0.3, 0.4) is 0 Å². The number of nitrogens with zero attached hydrogens (tertiary/aromatic N) is 2. The molecule has 13 heavy (non-hydrogen) atoms. The molecule has 0 saturated carbocycles. The van der Waals surface area contributed by atoms with Crippen molar-refractivity contribution in [3.05, 3.63) is 0 Å². The molecular weight excluding hydrogens is 190 g/mol. The van der Waals surface area contributed by atoms with Gasteiger partial charge in [-0.25, -0.2) is 4.31 Å². The lowest BCUT2D eigenvalue weighted by molar-refractivity contribution is 0.172. The molecule has 1 rings (SSSR count). The molecule has 80 valence electrons. The Balaban J connectivity index is 2.30. The highest BCUT2D eigenvalue weighted by atomic mass is 32.3. The summed E-state index contributed by atoms with van der Waals surface area (Å²) < 4.78 is 20.5. The molecule has 0 radical (unpaired) electrons. The first-order valence-corrected chi connectivity index (χ1v) is 6.30. The van der Waals surface area contributed by atoms with Gasteiger partial charge in [0.05, 0.1) is 0 Å². The zero-order valence-corrected chi connectivity index (χ0v) is 9.05. The molecular formula is C7H19N3O2S. The van der Waals surface area contributed by atoms with Crippen molar-refractivity contribution in [3.63, 3.8) is 0 Å². The summed E-state index contributed by atoms with van der Waals surface area (Å²) in [5.41, 5.74) is 0. The summed E-state index contributed by atoms with van der Waals surface area (Å²) in [4.78, 5) is 2.25. The van der Waals surface area contributed by atoms with Crippen molar-refractivity contribution in [3.8, 4) is 0 Å². The molecule has 0 aliphatic carbocycles. The zero-order chi connectivity index (χ0) is 9.90. The smallest absolute Gasteiger partial charge is 0.0479 e. The number of hydrogen-bond acceptors (Lipinski definition) is 5. The molecule has 1 aliphatic rings. The summed E-state index contributed by atoms with van der Waals surface area (Å²) in [6.07, 6.45) is 1.49. The minimum atomic E-state index is -2.48. The van der Waals surface area contributed by atoms with E-state index >= 15 is 0 Å². The highest BCUT2D eigenvalue weighted by Crippen LogP contribution is 2.38. The van der Waals surface area contributed by atoms with Gasteiger partial charge in [0.15, 0.2) is 0 Å². The number of rotatable bonds is 3. The lowest BCUT2D eigenvalue weighted by Gasteiger charge is -2.44. The van der Waals surface area contributed by atoms with Gasteiger partial charge in [-0.15, -0.1) is 10.8 Å². The fourth-order valence-electron chi connectivity index (χ4n) is 1.46. The number of nitrogens with one attached hydrogen (secondary N) is 1. The van der Waals surface area contributed by atoms with E-state index in [0.29, 0.717) is 0 Å². The fourth-order valence-corrected chi connectivity index (χ4v) is 2.31. The topological polar surface area (TPSA) is 59.0 Å². The predicted octanol–water partition coefficient (Wildman–Crippen LogP) is 0.0763. The van der Waals surface area contributed by atoms with E-state index in [1.807, 2.05) is 7.05 Å². The van der Waals surface area contributed by atoms with Crippen LogP contribution in [0.2, 0.25) is 0 Å². The van der Waals surface area contributed by atoms with Crippen LogP contribution in [0.15, 0.2) is 0 Å². The molecule has 0 aromatic carbocycles. The van der Waals surface area contributed by atoms with Gasteiger partial charge in [-0.3, -0.25) is 14.0 Å². The Morgan fingerprint density at radius 1 is 1.23 bits per heavy atom. The van der Waals surface area contributed by atoms with Crippen LogP contribution in [0.25, 0.3) is 0 Å². The molecule has 0 unspecified atom stereocenters. The first kappa shape index (κ1) is 11.2. The van der Waals surface area contributed by atoms with E-state index < -0.39 is 10.8 Å². The van der Waals surface area contributed by atoms with Crippen LogP contribution in [0.1, 0.15) is 0 Å². The molecule has 1 aliphatic heterocycles. The van der Waals surface area contributed by atoms with Crippen molar-refractivity contribution in [1.29, 1.82) is 0 Å². The van der Waals surface area contributed by atoms with Crippen molar-refractivity contribution < 1.29 is 9.11 Å². The van der Waals surface area contributed by atoms with E-state index in [9.17, 15) is 9.11 Å². The van der Waals surface area contributed by atoms with Crippen molar-refractivity contribution in [2.75, 3.05) is 46.2 Å². The predicted molar refractivity (Wildman–Crippen MR) is 55.8 cm³/mol. The van der Waals surface area contributed by atoms with Crippen LogP contribution >= 0.6 is 10.8 Å². The second kappa shape index (κ2) is 4.59. The molecule has 0 aromatic heterocycles. The van der Waals surface area contributed by atoms with E-state index in [4.69, 9.17) is 0 Å². The van der Waals surface area contributed by atoms with Crippen molar-refractivity contribution >= 4 is 10.8 Å². The van der Waals surface area contributed by atoms with Gasteiger partial charge in [0.1, 0.15) is 0 Å². The van der Waals surface area contributed by atoms with Gasteiger partial charge >= 0.3 is 0 Å². The van der Waals surface area contributed by atoms with Crippen LogP contribution in [0.5, 0.6) is 0 Å². The first-order valence-electron chi connectivity index (χ1n) is 4.39. The van der Waals surface area contributed by atoms with E-state index in [2.05, 4.69) is 10.2 Å². The summed E-state index contributed by atoms with van der Waals surface area (Å²) in [5.74, 6) is 0. The van der Waals surface area contributed by atoms with Gasteiger partial charge in [-0.1, -0.05) is 0 Å². The Kier molecular flexibility index (Phi) is 3.96. The van der Waals surface area contributed by atoms with Gasteiger partial charge in [-0.05, 0) is 7.05 Å².